The Morgan fingerprint density at radius 2 is 0.358 bits per heavy atom. The van der Waals surface area contributed by atoms with Gasteiger partial charge in [-0.15, -0.1) is 95.4 Å². The summed E-state index contributed by atoms with van der Waals surface area (Å²) in [6.07, 6.45) is 12.8. The van der Waals surface area contributed by atoms with Crippen molar-refractivity contribution in [3.63, 3.8) is 0 Å². The molecule has 6 rings (SSSR count). The summed E-state index contributed by atoms with van der Waals surface area (Å²) >= 11 is 10.8. The van der Waals surface area contributed by atoms with E-state index in [2.05, 4.69) is 183 Å². The Bertz CT molecular complexity index is 1530. The van der Waals surface area contributed by atoms with Crippen molar-refractivity contribution in [3.8, 4) is 0 Å². The summed E-state index contributed by atoms with van der Waals surface area (Å²) in [6, 6.07) is 54.4. The Kier molecular flexibility index (Phi) is 23.9. The van der Waals surface area contributed by atoms with E-state index < -0.39 is 15.8 Å². The third-order valence-corrected chi connectivity index (χ3v) is 17.3. The van der Waals surface area contributed by atoms with Gasteiger partial charge in [-0.3, -0.25) is 0 Å². The zero-order valence-corrected chi connectivity index (χ0v) is 44.5. The number of hydrogen-bond donors (Lipinski definition) is 0. The molecule has 0 N–H and O–H groups in total. The Morgan fingerprint density at radius 3 is 0.453 bits per heavy atom. The number of rotatable bonds is 12. The second-order valence-electron chi connectivity index (χ2n) is 10.9. The second-order valence-corrected chi connectivity index (χ2v) is 20.6. The molecule has 6 aromatic carbocycles. The van der Waals surface area contributed by atoms with E-state index in [0.717, 1.165) is 0 Å². The summed E-state index contributed by atoms with van der Waals surface area (Å²) < 4.78 is 0. The summed E-state index contributed by atoms with van der Waals surface area (Å²) in [5, 5.41) is 8.43. The molecular weight excluding hydrogens is 1030 g/mol. The molecule has 0 saturated heterocycles. The Labute approximate surface area is 379 Å². The van der Waals surface area contributed by atoms with Crippen LogP contribution in [0.15, 0.2) is 175 Å². The SMILES string of the molecule is CSc1ccc(P(c2ccc(SC)cc2)c2ccc(SC)cc2)cc1.CSc1ccc(P(c2ccc(SC)cc2)c2ccc(SC)cc2)cc1.Cl.Cl.[Hg]. The number of halogens is 2. The third-order valence-electron chi connectivity index (χ3n) is 7.98. The minimum absolute atomic E-state index is 0. The predicted octanol–water partition coefficient (Wildman–Crippen LogP) is 12.1. The van der Waals surface area contributed by atoms with Crippen molar-refractivity contribution in [3.05, 3.63) is 146 Å². The van der Waals surface area contributed by atoms with Gasteiger partial charge in [-0.2, -0.15) is 0 Å². The van der Waals surface area contributed by atoms with Crippen molar-refractivity contribution in [2.75, 3.05) is 37.5 Å². The second kappa shape index (κ2) is 25.9. The molecule has 53 heavy (non-hydrogen) atoms. The third kappa shape index (κ3) is 14.0. The normalized spacial score (nSPS) is 10.4. The van der Waals surface area contributed by atoms with Crippen LogP contribution < -0.4 is 31.8 Å². The fourth-order valence-electron chi connectivity index (χ4n) is 5.28. The van der Waals surface area contributed by atoms with Crippen LogP contribution in [-0.4, -0.2) is 37.5 Å². The summed E-state index contributed by atoms with van der Waals surface area (Å²) in [5.74, 6) is 0. The van der Waals surface area contributed by atoms with Gasteiger partial charge in [-0.1, -0.05) is 72.8 Å². The molecule has 0 heterocycles. The van der Waals surface area contributed by atoms with Gasteiger partial charge in [0.05, 0.1) is 0 Å². The molecule has 274 valence electrons. The molecule has 0 spiro atoms. The van der Waals surface area contributed by atoms with E-state index in [0.29, 0.717) is 0 Å². The van der Waals surface area contributed by atoms with E-state index in [1.165, 1.54) is 61.2 Å². The molecule has 0 aliphatic rings. The zero-order chi connectivity index (χ0) is 35.3. The summed E-state index contributed by atoms with van der Waals surface area (Å²) in [6.45, 7) is 0. The Morgan fingerprint density at radius 1 is 0.245 bits per heavy atom. The van der Waals surface area contributed by atoms with Crippen molar-refractivity contribution in [1.82, 2.24) is 0 Å². The molecule has 0 fully saturated rings. The maximum atomic E-state index is 2.29. The largest absolute Gasteiger partial charge is 0.147 e. The van der Waals surface area contributed by atoms with Gasteiger partial charge >= 0.3 is 0 Å². The quantitative estimate of drug-likeness (QED) is 0.0676. The van der Waals surface area contributed by atoms with Gasteiger partial charge in [0, 0.05) is 57.0 Å². The van der Waals surface area contributed by atoms with Gasteiger partial charge in [-0.05, 0) is 158 Å². The molecular formula is C42H44Cl2HgP2S6. The summed E-state index contributed by atoms with van der Waals surface area (Å²) in [7, 11) is -1.05. The minimum Gasteiger partial charge on any atom is -0.147 e. The van der Waals surface area contributed by atoms with Crippen LogP contribution in [-0.2, 0) is 27.7 Å². The molecule has 0 radical (unpaired) electrons. The van der Waals surface area contributed by atoms with Gasteiger partial charge in [-0.25, -0.2) is 0 Å². The maximum Gasteiger partial charge on any atom is 0.00695 e. The van der Waals surface area contributed by atoms with Gasteiger partial charge in [0.25, 0.3) is 0 Å². The van der Waals surface area contributed by atoms with Crippen LogP contribution in [0.1, 0.15) is 0 Å². The molecule has 0 unspecified atom stereocenters. The molecule has 0 nitrogen and oxygen atoms in total. The molecule has 0 aromatic heterocycles. The number of hydrogen-bond acceptors (Lipinski definition) is 6. The molecule has 0 amide bonds. The first-order chi connectivity index (χ1) is 24.5. The zero-order valence-electron chi connectivity index (χ0n) is 30.7. The molecule has 0 saturated carbocycles. The molecule has 0 bridgehead atoms. The van der Waals surface area contributed by atoms with Crippen LogP contribution >= 0.6 is 111 Å². The molecule has 0 aliphatic heterocycles. The molecule has 0 aliphatic carbocycles. The average Bonchev–Trinajstić information content (AvgIpc) is 3.20. The van der Waals surface area contributed by atoms with Crippen LogP contribution in [0.2, 0.25) is 0 Å². The maximum absolute atomic E-state index is 2.29. The van der Waals surface area contributed by atoms with Gasteiger partial charge < -0.3 is 0 Å². The fourth-order valence-corrected chi connectivity index (χ4v) is 12.2. The monoisotopic (exact) mass is 1070 g/mol. The van der Waals surface area contributed by atoms with E-state index in [1.807, 2.05) is 0 Å². The van der Waals surface area contributed by atoms with E-state index in [-0.39, 0.29) is 52.5 Å². The van der Waals surface area contributed by atoms with Gasteiger partial charge in [0.1, 0.15) is 0 Å². The Hall–Kier alpha value is -0.205. The van der Waals surface area contributed by atoms with E-state index in [4.69, 9.17) is 0 Å². The topological polar surface area (TPSA) is 0 Å². The number of benzene rings is 6. The first-order valence-electron chi connectivity index (χ1n) is 15.9. The summed E-state index contributed by atoms with van der Waals surface area (Å²) in [4.78, 5) is 7.88. The smallest absolute Gasteiger partial charge is 0.00695 e. The van der Waals surface area contributed by atoms with Crippen molar-refractivity contribution in [2.45, 2.75) is 29.4 Å². The van der Waals surface area contributed by atoms with Gasteiger partial charge in [0.2, 0.25) is 0 Å². The first-order valence-corrected chi connectivity index (χ1v) is 26.0. The van der Waals surface area contributed by atoms with Crippen LogP contribution in [0.5, 0.6) is 0 Å². The minimum atomic E-state index is -0.526. The van der Waals surface area contributed by atoms with Gasteiger partial charge in [0.15, 0.2) is 0 Å². The van der Waals surface area contributed by atoms with Crippen molar-refractivity contribution >= 4 is 143 Å². The van der Waals surface area contributed by atoms with Crippen LogP contribution in [0.3, 0.4) is 0 Å². The average molecular weight is 1070 g/mol. The van der Waals surface area contributed by atoms with E-state index >= 15 is 0 Å². The summed E-state index contributed by atoms with van der Waals surface area (Å²) in [5.41, 5.74) is 0. The molecule has 0 atom stereocenters. The number of thioether (sulfide) groups is 6. The molecule has 6 aromatic rings. The predicted molar refractivity (Wildman–Crippen MR) is 255 cm³/mol. The van der Waals surface area contributed by atoms with Crippen molar-refractivity contribution in [2.24, 2.45) is 0 Å². The van der Waals surface area contributed by atoms with Crippen molar-refractivity contribution in [1.29, 1.82) is 0 Å². The van der Waals surface area contributed by atoms with Crippen LogP contribution in [0.4, 0.5) is 0 Å². The van der Waals surface area contributed by atoms with Crippen LogP contribution in [0.25, 0.3) is 0 Å². The van der Waals surface area contributed by atoms with Crippen molar-refractivity contribution < 1.29 is 27.7 Å². The van der Waals surface area contributed by atoms with E-state index in [9.17, 15) is 0 Å². The molecule has 11 heteroatoms. The standard InChI is InChI=1S/2C21H21PS3.2ClH.Hg/c2*1-23-19-10-4-16(5-11-19)22(17-6-12-20(24-2)13-7-17)18-8-14-21(25-3)15-9-18;;;/h2*4-15H,1-3H3;2*1H;. The van der Waals surface area contributed by atoms with Crippen LogP contribution in [0, 0.1) is 0 Å². The Balaban J connectivity index is 0.000000347. The fraction of sp³-hybridized carbons (Fsp3) is 0.143. The first kappa shape index (κ1) is 48.9. The van der Waals surface area contributed by atoms with E-state index in [1.54, 1.807) is 70.6 Å².